The Morgan fingerprint density at radius 3 is 1.97 bits per heavy atom. The third-order valence-corrected chi connectivity index (χ3v) is 8.91. The maximum Gasteiger partial charge on any atom is 0.261 e. The Morgan fingerprint density at radius 2 is 1.43 bits per heavy atom. The molecule has 1 unspecified atom stereocenters. The van der Waals surface area contributed by atoms with Gasteiger partial charge in [0.1, 0.15) is 0 Å². The van der Waals surface area contributed by atoms with Crippen molar-refractivity contribution in [3.05, 3.63) is 54.1 Å². The van der Waals surface area contributed by atoms with Crippen molar-refractivity contribution in [1.29, 1.82) is 0 Å². The number of rotatable bonds is 5. The van der Waals surface area contributed by atoms with E-state index in [-0.39, 0.29) is 21.2 Å². The Hall–Kier alpha value is -1.90. The Morgan fingerprint density at radius 1 is 0.867 bits per heavy atom. The van der Waals surface area contributed by atoms with Crippen LogP contribution in [-0.4, -0.2) is 33.7 Å². The summed E-state index contributed by atoms with van der Waals surface area (Å²) in [6.07, 6.45) is 2.74. The summed E-state index contributed by atoms with van der Waals surface area (Å²) >= 11 is 0. The SMILES string of the molecule is CC1CCCCN1S(=O)(=O)c1ccc(NS(=O)(=O)c2ccc(C(C)(C)C)cc2)cc1. The molecule has 0 spiro atoms. The number of nitrogens with one attached hydrogen (secondary N) is 1. The van der Waals surface area contributed by atoms with Crippen LogP contribution < -0.4 is 4.72 Å². The average molecular weight is 451 g/mol. The molecule has 1 aliphatic rings. The van der Waals surface area contributed by atoms with E-state index in [4.69, 9.17) is 0 Å². The minimum atomic E-state index is -3.76. The molecular formula is C22H30N2O4S2. The second kappa shape index (κ2) is 8.32. The van der Waals surface area contributed by atoms with Crippen LogP contribution in [0.5, 0.6) is 0 Å². The molecule has 1 aliphatic heterocycles. The van der Waals surface area contributed by atoms with Crippen LogP contribution in [0.1, 0.15) is 52.5 Å². The van der Waals surface area contributed by atoms with Crippen LogP contribution in [0.15, 0.2) is 58.3 Å². The zero-order valence-corrected chi connectivity index (χ0v) is 19.6. The predicted octanol–water partition coefficient (Wildman–Crippen LogP) is 4.35. The molecule has 0 bridgehead atoms. The molecule has 8 heteroatoms. The molecule has 0 aromatic heterocycles. The number of sulfonamides is 2. The van der Waals surface area contributed by atoms with Gasteiger partial charge in [0.15, 0.2) is 0 Å². The van der Waals surface area contributed by atoms with Crippen LogP contribution in [0.4, 0.5) is 5.69 Å². The fourth-order valence-electron chi connectivity index (χ4n) is 3.61. The van der Waals surface area contributed by atoms with Crippen molar-refractivity contribution in [2.45, 2.75) is 68.2 Å². The van der Waals surface area contributed by atoms with E-state index in [0.717, 1.165) is 24.8 Å². The summed E-state index contributed by atoms with van der Waals surface area (Å²) in [7, 11) is -7.35. The third kappa shape index (κ3) is 4.87. The highest BCUT2D eigenvalue weighted by Crippen LogP contribution is 2.27. The summed E-state index contributed by atoms with van der Waals surface area (Å²) in [5.41, 5.74) is 1.30. The first-order valence-corrected chi connectivity index (χ1v) is 13.1. The number of hydrogen-bond donors (Lipinski definition) is 1. The second-order valence-corrected chi connectivity index (χ2v) is 12.4. The molecule has 2 aromatic rings. The highest BCUT2D eigenvalue weighted by Gasteiger charge is 2.30. The maximum absolute atomic E-state index is 12.9. The Balaban J connectivity index is 1.78. The van der Waals surface area contributed by atoms with Crippen molar-refractivity contribution in [3.63, 3.8) is 0 Å². The first-order chi connectivity index (χ1) is 13.9. The van der Waals surface area contributed by atoms with Crippen molar-refractivity contribution < 1.29 is 16.8 Å². The fourth-order valence-corrected chi connectivity index (χ4v) is 6.37. The molecule has 0 aliphatic carbocycles. The molecular weight excluding hydrogens is 420 g/mol. The number of nitrogens with zero attached hydrogens (tertiary/aromatic N) is 1. The van der Waals surface area contributed by atoms with E-state index in [2.05, 4.69) is 25.5 Å². The molecule has 1 heterocycles. The van der Waals surface area contributed by atoms with Crippen molar-refractivity contribution in [1.82, 2.24) is 4.31 Å². The van der Waals surface area contributed by atoms with Crippen LogP contribution in [0.2, 0.25) is 0 Å². The normalized spacial score (nSPS) is 18.9. The third-order valence-electron chi connectivity index (χ3n) is 5.49. The van der Waals surface area contributed by atoms with E-state index < -0.39 is 20.0 Å². The van der Waals surface area contributed by atoms with Crippen LogP contribution in [0.3, 0.4) is 0 Å². The number of anilines is 1. The van der Waals surface area contributed by atoms with Gasteiger partial charge in [-0.15, -0.1) is 0 Å². The van der Waals surface area contributed by atoms with Gasteiger partial charge in [-0.05, 0) is 67.1 Å². The number of piperidine rings is 1. The van der Waals surface area contributed by atoms with Crippen LogP contribution in [-0.2, 0) is 25.5 Å². The largest absolute Gasteiger partial charge is 0.280 e. The molecule has 1 fully saturated rings. The molecule has 0 amide bonds. The smallest absolute Gasteiger partial charge is 0.261 e. The van der Waals surface area contributed by atoms with E-state index in [1.165, 1.54) is 28.6 Å². The minimum absolute atomic E-state index is 0.0296. The quantitative estimate of drug-likeness (QED) is 0.734. The second-order valence-electron chi connectivity index (χ2n) is 8.86. The number of hydrogen-bond acceptors (Lipinski definition) is 4. The average Bonchev–Trinajstić information content (AvgIpc) is 2.68. The van der Waals surface area contributed by atoms with Crippen molar-refractivity contribution in [2.24, 2.45) is 0 Å². The van der Waals surface area contributed by atoms with Crippen LogP contribution in [0.25, 0.3) is 0 Å². The van der Waals surface area contributed by atoms with Crippen molar-refractivity contribution >= 4 is 25.7 Å². The van der Waals surface area contributed by atoms with Crippen LogP contribution >= 0.6 is 0 Å². The molecule has 30 heavy (non-hydrogen) atoms. The summed E-state index contributed by atoms with van der Waals surface area (Å²) in [4.78, 5) is 0.336. The zero-order chi connectivity index (χ0) is 22.2. The van der Waals surface area contributed by atoms with Gasteiger partial charge in [-0.25, -0.2) is 16.8 Å². The molecule has 164 valence electrons. The molecule has 0 saturated carbocycles. The summed E-state index contributed by atoms with van der Waals surface area (Å²) in [5.74, 6) is 0. The molecule has 2 aromatic carbocycles. The molecule has 1 atom stereocenters. The Bertz CT molecular complexity index is 1090. The lowest BCUT2D eigenvalue weighted by molar-refractivity contribution is 0.268. The molecule has 6 nitrogen and oxygen atoms in total. The van der Waals surface area contributed by atoms with Gasteiger partial charge in [-0.2, -0.15) is 4.31 Å². The van der Waals surface area contributed by atoms with Gasteiger partial charge >= 0.3 is 0 Å². The topological polar surface area (TPSA) is 83.6 Å². The van der Waals surface area contributed by atoms with Crippen LogP contribution in [0, 0.1) is 0 Å². The lowest BCUT2D eigenvalue weighted by Gasteiger charge is -2.32. The lowest BCUT2D eigenvalue weighted by Crippen LogP contribution is -2.41. The van der Waals surface area contributed by atoms with Gasteiger partial charge in [0.2, 0.25) is 10.0 Å². The maximum atomic E-state index is 12.9. The summed E-state index contributed by atoms with van der Waals surface area (Å²) in [5, 5.41) is 0. The van der Waals surface area contributed by atoms with E-state index in [9.17, 15) is 16.8 Å². The van der Waals surface area contributed by atoms with Gasteiger partial charge in [0, 0.05) is 18.3 Å². The monoisotopic (exact) mass is 450 g/mol. The summed E-state index contributed by atoms with van der Waals surface area (Å²) in [6, 6.07) is 12.6. The molecule has 1 saturated heterocycles. The molecule has 0 radical (unpaired) electrons. The standard InChI is InChI=1S/C22H30N2O4S2/c1-17-7-5-6-16-24(17)30(27,28)21-14-10-19(11-15-21)23-29(25,26)20-12-8-18(9-13-20)22(2,3)4/h8-15,17,23H,5-7,16H2,1-4H3. The van der Waals surface area contributed by atoms with Crippen molar-refractivity contribution in [2.75, 3.05) is 11.3 Å². The highest BCUT2D eigenvalue weighted by molar-refractivity contribution is 7.92. The van der Waals surface area contributed by atoms with Gasteiger partial charge in [-0.3, -0.25) is 4.72 Å². The van der Waals surface area contributed by atoms with E-state index in [0.29, 0.717) is 12.2 Å². The Labute approximate surface area is 180 Å². The lowest BCUT2D eigenvalue weighted by atomic mass is 9.87. The van der Waals surface area contributed by atoms with Gasteiger partial charge in [0.05, 0.1) is 9.79 Å². The van der Waals surface area contributed by atoms with Crippen molar-refractivity contribution in [3.8, 4) is 0 Å². The first-order valence-electron chi connectivity index (χ1n) is 10.2. The van der Waals surface area contributed by atoms with E-state index in [1.807, 2.05) is 19.1 Å². The fraction of sp³-hybridized carbons (Fsp3) is 0.455. The van der Waals surface area contributed by atoms with Gasteiger partial charge in [-0.1, -0.05) is 39.3 Å². The predicted molar refractivity (Wildman–Crippen MR) is 120 cm³/mol. The zero-order valence-electron chi connectivity index (χ0n) is 17.9. The Kier molecular flexibility index (Phi) is 6.32. The van der Waals surface area contributed by atoms with Gasteiger partial charge in [0.25, 0.3) is 10.0 Å². The number of benzene rings is 2. The first kappa shape index (κ1) is 22.8. The highest BCUT2D eigenvalue weighted by atomic mass is 32.2. The summed E-state index contributed by atoms with van der Waals surface area (Å²) in [6.45, 7) is 8.63. The minimum Gasteiger partial charge on any atom is -0.280 e. The van der Waals surface area contributed by atoms with E-state index >= 15 is 0 Å². The van der Waals surface area contributed by atoms with Gasteiger partial charge < -0.3 is 0 Å². The summed E-state index contributed by atoms with van der Waals surface area (Å²) < 4.78 is 55.3. The molecule has 1 N–H and O–H groups in total. The molecule has 3 rings (SSSR count). The van der Waals surface area contributed by atoms with E-state index in [1.54, 1.807) is 12.1 Å².